The average molecular weight is 269 g/mol. The molecule has 0 spiro atoms. The first kappa shape index (κ1) is 13.5. The molecule has 2 rings (SSSR count). The summed E-state index contributed by atoms with van der Waals surface area (Å²) in [6.07, 6.45) is 0.271. The Bertz CT molecular complexity index is 512. The van der Waals surface area contributed by atoms with Crippen molar-refractivity contribution in [2.75, 3.05) is 0 Å². The Morgan fingerprint density at radius 3 is 2.37 bits per heavy atom. The minimum absolute atomic E-state index is 0.219. The predicted molar refractivity (Wildman–Crippen MR) is 62.1 cm³/mol. The fourth-order valence-electron chi connectivity index (χ4n) is 2.07. The van der Waals surface area contributed by atoms with Crippen molar-refractivity contribution >= 4 is 11.9 Å². The number of carbonyl (C=O) groups is 2. The summed E-state index contributed by atoms with van der Waals surface area (Å²) >= 11 is 0. The van der Waals surface area contributed by atoms with Crippen LogP contribution in [0.15, 0.2) is 18.2 Å². The lowest BCUT2D eigenvalue weighted by atomic mass is 10.1. The molecule has 19 heavy (non-hydrogen) atoms. The number of hydrogen-bond acceptors (Lipinski definition) is 2. The zero-order valence-electron chi connectivity index (χ0n) is 10.2. The maximum Gasteiger partial charge on any atom is 0.307 e. The lowest BCUT2D eigenvalue weighted by molar-refractivity contribution is -0.140. The summed E-state index contributed by atoms with van der Waals surface area (Å²) in [4.78, 5) is 22.3. The van der Waals surface area contributed by atoms with E-state index >= 15 is 0 Å². The highest BCUT2D eigenvalue weighted by atomic mass is 19.1. The zero-order chi connectivity index (χ0) is 14.2. The van der Waals surface area contributed by atoms with Crippen LogP contribution in [0.3, 0.4) is 0 Å². The van der Waals surface area contributed by atoms with Crippen molar-refractivity contribution in [3.63, 3.8) is 0 Å². The molecule has 1 aliphatic carbocycles. The van der Waals surface area contributed by atoms with Crippen LogP contribution in [0.5, 0.6) is 0 Å². The minimum Gasteiger partial charge on any atom is -0.481 e. The maximum atomic E-state index is 13.5. The van der Waals surface area contributed by atoms with E-state index in [4.69, 9.17) is 5.11 Å². The van der Waals surface area contributed by atoms with Gasteiger partial charge in [-0.15, -0.1) is 0 Å². The Morgan fingerprint density at radius 1 is 1.32 bits per heavy atom. The Hall–Kier alpha value is -1.98. The van der Waals surface area contributed by atoms with E-state index in [0.29, 0.717) is 0 Å². The van der Waals surface area contributed by atoms with Crippen LogP contribution in [0.4, 0.5) is 8.78 Å². The molecule has 0 aliphatic heterocycles. The topological polar surface area (TPSA) is 66.4 Å². The fraction of sp³-hybridized carbons (Fsp3) is 0.385. The molecular weight excluding hydrogens is 256 g/mol. The molecule has 2 N–H and O–H groups in total. The first-order valence-electron chi connectivity index (χ1n) is 5.89. The van der Waals surface area contributed by atoms with E-state index in [2.05, 4.69) is 5.32 Å². The van der Waals surface area contributed by atoms with Gasteiger partial charge in [0.1, 0.15) is 11.6 Å². The van der Waals surface area contributed by atoms with Crippen molar-refractivity contribution in [3.05, 3.63) is 35.4 Å². The van der Waals surface area contributed by atoms with E-state index in [1.165, 1.54) is 13.0 Å². The second kappa shape index (κ2) is 4.95. The molecule has 1 aliphatic rings. The van der Waals surface area contributed by atoms with Gasteiger partial charge >= 0.3 is 5.97 Å². The Balaban J connectivity index is 2.04. The third kappa shape index (κ3) is 2.72. The van der Waals surface area contributed by atoms with E-state index in [0.717, 1.165) is 12.1 Å². The van der Waals surface area contributed by atoms with Gasteiger partial charge in [-0.25, -0.2) is 8.78 Å². The number of carbonyl (C=O) groups excluding carboxylic acids is 1. The van der Waals surface area contributed by atoms with Crippen molar-refractivity contribution in [2.45, 2.75) is 19.4 Å². The SMILES string of the molecule is CC(NC(=O)[C@@H]1C[C@@H]1C(=O)O)c1c(F)cccc1F. The summed E-state index contributed by atoms with van der Waals surface area (Å²) in [7, 11) is 0. The molecule has 1 amide bonds. The monoisotopic (exact) mass is 269 g/mol. The van der Waals surface area contributed by atoms with Gasteiger partial charge in [0, 0.05) is 5.56 Å². The first-order chi connectivity index (χ1) is 8.91. The van der Waals surface area contributed by atoms with Crippen molar-refractivity contribution < 1.29 is 23.5 Å². The molecular formula is C13H13F2NO3. The number of amides is 1. The van der Waals surface area contributed by atoms with Gasteiger partial charge in [0.15, 0.2) is 0 Å². The second-order valence-corrected chi connectivity index (χ2v) is 4.65. The van der Waals surface area contributed by atoms with Crippen LogP contribution < -0.4 is 5.32 Å². The van der Waals surface area contributed by atoms with Gasteiger partial charge in [0.25, 0.3) is 0 Å². The third-order valence-electron chi connectivity index (χ3n) is 3.24. The molecule has 1 fully saturated rings. The van der Waals surface area contributed by atoms with Crippen LogP contribution in [-0.2, 0) is 9.59 Å². The highest BCUT2D eigenvalue weighted by Gasteiger charge is 2.48. The number of benzene rings is 1. The van der Waals surface area contributed by atoms with Crippen LogP contribution >= 0.6 is 0 Å². The molecule has 1 unspecified atom stereocenters. The molecule has 1 aromatic rings. The normalized spacial score (nSPS) is 22.7. The molecule has 1 aromatic carbocycles. The molecule has 6 heteroatoms. The van der Waals surface area contributed by atoms with Crippen molar-refractivity contribution in [2.24, 2.45) is 11.8 Å². The predicted octanol–water partition coefficient (Wildman–Crippen LogP) is 1.86. The van der Waals surface area contributed by atoms with E-state index in [1.807, 2.05) is 0 Å². The molecule has 0 bridgehead atoms. The Morgan fingerprint density at radius 2 is 1.89 bits per heavy atom. The Kier molecular flexibility index (Phi) is 3.50. The lowest BCUT2D eigenvalue weighted by Gasteiger charge is -2.15. The number of aliphatic carboxylic acids is 1. The second-order valence-electron chi connectivity index (χ2n) is 4.65. The average Bonchev–Trinajstić information content (AvgIpc) is 3.08. The smallest absolute Gasteiger partial charge is 0.307 e. The number of halogens is 2. The van der Waals surface area contributed by atoms with E-state index in [1.54, 1.807) is 0 Å². The summed E-state index contributed by atoms with van der Waals surface area (Å²) in [5.74, 6) is -4.27. The van der Waals surface area contributed by atoms with Gasteiger partial charge in [-0.3, -0.25) is 9.59 Å². The number of nitrogens with one attached hydrogen (secondary N) is 1. The van der Waals surface area contributed by atoms with Crippen molar-refractivity contribution in [1.82, 2.24) is 5.32 Å². The van der Waals surface area contributed by atoms with Gasteiger partial charge in [0.2, 0.25) is 5.91 Å². The van der Waals surface area contributed by atoms with E-state index in [9.17, 15) is 18.4 Å². The largest absolute Gasteiger partial charge is 0.481 e. The quantitative estimate of drug-likeness (QED) is 0.876. The van der Waals surface area contributed by atoms with E-state index < -0.39 is 41.4 Å². The number of rotatable bonds is 4. The van der Waals surface area contributed by atoms with Gasteiger partial charge in [-0.2, -0.15) is 0 Å². The van der Waals surface area contributed by atoms with Crippen molar-refractivity contribution in [3.8, 4) is 0 Å². The lowest BCUT2D eigenvalue weighted by Crippen LogP contribution is -2.30. The van der Waals surface area contributed by atoms with Crippen LogP contribution in [0.2, 0.25) is 0 Å². The molecule has 0 heterocycles. The highest BCUT2D eigenvalue weighted by Crippen LogP contribution is 2.39. The van der Waals surface area contributed by atoms with E-state index in [-0.39, 0.29) is 12.0 Å². The highest BCUT2D eigenvalue weighted by molar-refractivity contribution is 5.89. The molecule has 4 nitrogen and oxygen atoms in total. The van der Waals surface area contributed by atoms with Crippen molar-refractivity contribution in [1.29, 1.82) is 0 Å². The fourth-order valence-corrected chi connectivity index (χ4v) is 2.07. The summed E-state index contributed by atoms with van der Waals surface area (Å²) in [6.45, 7) is 1.46. The molecule has 0 radical (unpaired) electrons. The summed E-state index contributed by atoms with van der Waals surface area (Å²) in [6, 6.07) is 2.62. The number of carboxylic acid groups (broad SMARTS) is 1. The molecule has 1 saturated carbocycles. The molecule has 0 saturated heterocycles. The standard InChI is InChI=1S/C13H13F2NO3/c1-6(11-9(14)3-2-4-10(11)15)16-12(17)7-5-8(7)13(18)19/h2-4,6-8H,5H2,1H3,(H,16,17)(H,18,19)/t6?,7-,8+/m1/s1. The summed E-state index contributed by atoms with van der Waals surface area (Å²) < 4.78 is 27.0. The van der Waals surface area contributed by atoms with Gasteiger partial charge < -0.3 is 10.4 Å². The van der Waals surface area contributed by atoms with Gasteiger partial charge in [-0.05, 0) is 25.5 Å². The number of carboxylic acids is 1. The van der Waals surface area contributed by atoms with Crippen LogP contribution in [-0.4, -0.2) is 17.0 Å². The van der Waals surface area contributed by atoms with Crippen LogP contribution in [0.1, 0.15) is 24.9 Å². The summed E-state index contributed by atoms with van der Waals surface area (Å²) in [5, 5.41) is 11.2. The maximum absolute atomic E-state index is 13.5. The van der Waals surface area contributed by atoms with Crippen LogP contribution in [0.25, 0.3) is 0 Å². The molecule has 3 atom stereocenters. The zero-order valence-corrected chi connectivity index (χ0v) is 10.2. The summed E-state index contributed by atoms with van der Waals surface area (Å²) in [5.41, 5.74) is -0.219. The third-order valence-corrected chi connectivity index (χ3v) is 3.24. The Labute approximate surface area is 108 Å². The first-order valence-corrected chi connectivity index (χ1v) is 5.89. The van der Waals surface area contributed by atoms with Gasteiger partial charge in [-0.1, -0.05) is 6.07 Å². The van der Waals surface area contributed by atoms with Crippen LogP contribution in [0, 0.1) is 23.5 Å². The molecule has 102 valence electrons. The van der Waals surface area contributed by atoms with Gasteiger partial charge in [0.05, 0.1) is 17.9 Å². The molecule has 0 aromatic heterocycles. The minimum atomic E-state index is -1.02. The number of hydrogen-bond donors (Lipinski definition) is 2.